The lowest BCUT2D eigenvalue weighted by Gasteiger charge is -2.24. The van der Waals surface area contributed by atoms with Crippen LogP contribution in [0.4, 0.5) is 0 Å². The molecule has 2 rings (SSSR count). The molecule has 3 heteroatoms. The lowest BCUT2D eigenvalue weighted by Crippen LogP contribution is -2.23. The summed E-state index contributed by atoms with van der Waals surface area (Å²) in [4.78, 5) is 12.2. The zero-order valence-corrected chi connectivity index (χ0v) is 10.9. The number of ketones is 1. The van der Waals surface area contributed by atoms with Gasteiger partial charge in [-0.15, -0.1) is 11.8 Å². The standard InChI is InChI=1S/C14H18O2S/c1-11(17-13-7-9-16-10-8-13)14(15)12-5-3-2-4-6-12/h2-6,11,13H,7-10H2,1H3. The number of rotatable bonds is 4. The highest BCUT2D eigenvalue weighted by molar-refractivity contribution is 8.01. The summed E-state index contributed by atoms with van der Waals surface area (Å²) < 4.78 is 5.33. The summed E-state index contributed by atoms with van der Waals surface area (Å²) in [5.41, 5.74) is 0.819. The van der Waals surface area contributed by atoms with Crippen LogP contribution in [0.15, 0.2) is 30.3 Å². The SMILES string of the molecule is CC(SC1CCOCC1)C(=O)c1ccccc1. The molecule has 1 aromatic carbocycles. The maximum absolute atomic E-state index is 12.2. The van der Waals surface area contributed by atoms with Gasteiger partial charge >= 0.3 is 0 Å². The second-order valence-electron chi connectivity index (χ2n) is 4.32. The van der Waals surface area contributed by atoms with Crippen LogP contribution in [0, 0.1) is 0 Å². The number of Topliss-reactive ketones (excluding diaryl/α,β-unsaturated/α-hetero) is 1. The summed E-state index contributed by atoms with van der Waals surface area (Å²) in [6.45, 7) is 3.68. The molecule has 0 spiro atoms. The number of thioether (sulfide) groups is 1. The van der Waals surface area contributed by atoms with Crippen molar-refractivity contribution in [2.24, 2.45) is 0 Å². The second kappa shape index (κ2) is 6.22. The number of ether oxygens (including phenoxy) is 1. The predicted octanol–water partition coefficient (Wildman–Crippen LogP) is 3.17. The Hall–Kier alpha value is -0.800. The summed E-state index contributed by atoms with van der Waals surface area (Å²) in [6, 6.07) is 9.55. The molecule has 17 heavy (non-hydrogen) atoms. The highest BCUT2D eigenvalue weighted by Gasteiger charge is 2.22. The molecule has 1 heterocycles. The van der Waals surface area contributed by atoms with E-state index in [1.807, 2.05) is 37.3 Å². The monoisotopic (exact) mass is 250 g/mol. The Morgan fingerprint density at radius 3 is 2.59 bits per heavy atom. The lowest BCUT2D eigenvalue weighted by molar-refractivity contribution is 0.0974. The molecule has 0 N–H and O–H groups in total. The minimum absolute atomic E-state index is 0.0421. The van der Waals surface area contributed by atoms with E-state index in [0.717, 1.165) is 31.6 Å². The molecule has 1 unspecified atom stereocenters. The molecule has 0 aliphatic carbocycles. The molecular formula is C14H18O2S. The molecule has 0 aromatic heterocycles. The first-order valence-corrected chi connectivity index (χ1v) is 7.04. The first-order valence-electron chi connectivity index (χ1n) is 6.10. The van der Waals surface area contributed by atoms with Crippen LogP contribution in [-0.2, 0) is 4.74 Å². The van der Waals surface area contributed by atoms with Crippen LogP contribution < -0.4 is 0 Å². The Kier molecular flexibility index (Phi) is 4.63. The van der Waals surface area contributed by atoms with Crippen LogP contribution in [0.5, 0.6) is 0 Å². The Bertz CT molecular complexity index is 358. The maximum atomic E-state index is 12.2. The zero-order valence-electron chi connectivity index (χ0n) is 10.1. The summed E-state index contributed by atoms with van der Waals surface area (Å²) in [7, 11) is 0. The van der Waals surface area contributed by atoms with Gasteiger partial charge in [0.1, 0.15) is 0 Å². The minimum Gasteiger partial charge on any atom is -0.381 e. The van der Waals surface area contributed by atoms with E-state index in [1.165, 1.54) is 0 Å². The van der Waals surface area contributed by atoms with E-state index in [2.05, 4.69) is 0 Å². The van der Waals surface area contributed by atoms with Crippen molar-refractivity contribution >= 4 is 17.5 Å². The van der Waals surface area contributed by atoms with E-state index in [0.29, 0.717) is 5.25 Å². The number of hydrogen-bond acceptors (Lipinski definition) is 3. The summed E-state index contributed by atoms with van der Waals surface area (Å²) in [6.07, 6.45) is 2.13. The molecule has 0 saturated carbocycles. The first kappa shape index (κ1) is 12.7. The number of carbonyl (C=O) groups excluding carboxylic acids is 1. The number of carbonyl (C=O) groups is 1. The van der Waals surface area contributed by atoms with Gasteiger partial charge < -0.3 is 4.74 Å². The molecule has 0 radical (unpaired) electrons. The van der Waals surface area contributed by atoms with Crippen LogP contribution >= 0.6 is 11.8 Å². The fourth-order valence-electron chi connectivity index (χ4n) is 2.00. The fraction of sp³-hybridized carbons (Fsp3) is 0.500. The van der Waals surface area contributed by atoms with Gasteiger partial charge in [-0.2, -0.15) is 0 Å². The Morgan fingerprint density at radius 1 is 1.29 bits per heavy atom. The van der Waals surface area contributed by atoms with Gasteiger partial charge in [0, 0.05) is 24.0 Å². The van der Waals surface area contributed by atoms with E-state index < -0.39 is 0 Å². The van der Waals surface area contributed by atoms with E-state index in [4.69, 9.17) is 4.74 Å². The molecule has 1 saturated heterocycles. The highest BCUT2D eigenvalue weighted by atomic mass is 32.2. The van der Waals surface area contributed by atoms with Crippen molar-refractivity contribution in [2.75, 3.05) is 13.2 Å². The first-order chi connectivity index (χ1) is 8.27. The zero-order chi connectivity index (χ0) is 12.1. The van der Waals surface area contributed by atoms with Gasteiger partial charge in [-0.05, 0) is 19.8 Å². The number of benzene rings is 1. The molecule has 1 atom stereocenters. The van der Waals surface area contributed by atoms with Crippen molar-refractivity contribution < 1.29 is 9.53 Å². The minimum atomic E-state index is 0.0421. The summed E-state index contributed by atoms with van der Waals surface area (Å²) >= 11 is 1.79. The Morgan fingerprint density at radius 2 is 1.94 bits per heavy atom. The number of hydrogen-bond donors (Lipinski definition) is 0. The van der Waals surface area contributed by atoms with Gasteiger partial charge in [0.05, 0.1) is 5.25 Å². The van der Waals surface area contributed by atoms with Gasteiger partial charge in [-0.3, -0.25) is 4.79 Å². The molecular weight excluding hydrogens is 232 g/mol. The van der Waals surface area contributed by atoms with Crippen LogP contribution in [-0.4, -0.2) is 29.5 Å². The van der Waals surface area contributed by atoms with E-state index in [9.17, 15) is 4.79 Å². The highest BCUT2D eigenvalue weighted by Crippen LogP contribution is 2.27. The molecule has 1 fully saturated rings. The van der Waals surface area contributed by atoms with Gasteiger partial charge in [-0.25, -0.2) is 0 Å². The average molecular weight is 250 g/mol. The third-order valence-corrected chi connectivity index (χ3v) is 4.47. The quantitative estimate of drug-likeness (QED) is 0.768. The second-order valence-corrected chi connectivity index (χ2v) is 5.97. The van der Waals surface area contributed by atoms with E-state index in [1.54, 1.807) is 11.8 Å². The molecule has 2 nitrogen and oxygen atoms in total. The van der Waals surface area contributed by atoms with Crippen molar-refractivity contribution in [1.82, 2.24) is 0 Å². The van der Waals surface area contributed by atoms with Gasteiger partial charge in [-0.1, -0.05) is 30.3 Å². The largest absolute Gasteiger partial charge is 0.381 e. The van der Waals surface area contributed by atoms with Crippen LogP contribution in [0.2, 0.25) is 0 Å². The maximum Gasteiger partial charge on any atom is 0.175 e. The van der Waals surface area contributed by atoms with E-state index in [-0.39, 0.29) is 11.0 Å². The van der Waals surface area contributed by atoms with Crippen LogP contribution in [0.1, 0.15) is 30.1 Å². The summed E-state index contributed by atoms with van der Waals surface area (Å²) in [5.74, 6) is 0.238. The van der Waals surface area contributed by atoms with Gasteiger partial charge in [0.2, 0.25) is 0 Å². The average Bonchev–Trinajstić information content (AvgIpc) is 2.40. The fourth-order valence-corrected chi connectivity index (χ4v) is 3.30. The van der Waals surface area contributed by atoms with Crippen LogP contribution in [0.3, 0.4) is 0 Å². The topological polar surface area (TPSA) is 26.3 Å². The van der Waals surface area contributed by atoms with Crippen LogP contribution in [0.25, 0.3) is 0 Å². The van der Waals surface area contributed by atoms with Crippen molar-refractivity contribution in [1.29, 1.82) is 0 Å². The molecule has 0 amide bonds. The third kappa shape index (κ3) is 3.58. The Balaban J connectivity index is 1.91. The predicted molar refractivity (Wildman–Crippen MR) is 71.7 cm³/mol. The third-order valence-electron chi connectivity index (χ3n) is 2.99. The Labute approximate surface area is 107 Å². The normalized spacial score (nSPS) is 18.9. The van der Waals surface area contributed by atoms with E-state index >= 15 is 0 Å². The molecule has 1 aliphatic rings. The van der Waals surface area contributed by atoms with Gasteiger partial charge in [0.25, 0.3) is 0 Å². The summed E-state index contributed by atoms with van der Waals surface area (Å²) in [5, 5.41) is 0.618. The van der Waals surface area contributed by atoms with Crippen molar-refractivity contribution in [2.45, 2.75) is 30.3 Å². The molecule has 0 bridgehead atoms. The molecule has 1 aliphatic heterocycles. The molecule has 92 valence electrons. The van der Waals surface area contributed by atoms with Crippen molar-refractivity contribution in [3.8, 4) is 0 Å². The molecule has 1 aromatic rings. The van der Waals surface area contributed by atoms with Crippen molar-refractivity contribution in [3.63, 3.8) is 0 Å². The smallest absolute Gasteiger partial charge is 0.175 e. The van der Waals surface area contributed by atoms with Crippen molar-refractivity contribution in [3.05, 3.63) is 35.9 Å². The van der Waals surface area contributed by atoms with Gasteiger partial charge in [0.15, 0.2) is 5.78 Å². The lowest BCUT2D eigenvalue weighted by atomic mass is 10.1.